The molecule has 5 heteroatoms. The van der Waals surface area contributed by atoms with E-state index in [0.717, 1.165) is 10.9 Å². The van der Waals surface area contributed by atoms with Gasteiger partial charge in [-0.15, -0.1) is 0 Å². The molecule has 0 fully saturated rings. The first kappa shape index (κ1) is 10.2. The molecule has 0 spiro atoms. The summed E-state index contributed by atoms with van der Waals surface area (Å²) in [5.41, 5.74) is 1.91. The summed E-state index contributed by atoms with van der Waals surface area (Å²) in [6, 6.07) is 5.66. The minimum atomic E-state index is 0.212. The van der Waals surface area contributed by atoms with Crippen LogP contribution in [-0.2, 0) is 0 Å². The first-order valence-electron chi connectivity index (χ1n) is 5.00. The van der Waals surface area contributed by atoms with Crippen LogP contribution < -0.4 is 9.47 Å². The molecule has 1 aliphatic heterocycles. The lowest BCUT2D eigenvalue weighted by molar-refractivity contribution is 0.174. The van der Waals surface area contributed by atoms with Crippen molar-refractivity contribution in [2.75, 3.05) is 6.79 Å². The molecular weight excluding hydrogens is 240 g/mol. The molecule has 2 aromatic rings. The number of pyridine rings is 1. The average molecular weight is 247 g/mol. The Kier molecular flexibility index (Phi) is 2.10. The zero-order valence-corrected chi connectivity index (χ0v) is 9.71. The van der Waals surface area contributed by atoms with Crippen LogP contribution in [0.1, 0.15) is 11.1 Å². The van der Waals surface area contributed by atoms with E-state index in [-0.39, 0.29) is 11.9 Å². The fourth-order valence-electron chi connectivity index (χ4n) is 1.91. The van der Waals surface area contributed by atoms with Crippen LogP contribution in [0.2, 0.25) is 5.15 Å². The summed E-state index contributed by atoms with van der Waals surface area (Å²) in [6.45, 7) is 2.06. The average Bonchev–Trinajstić information content (AvgIpc) is 2.74. The number of nitrogens with zero attached hydrogens (tertiary/aromatic N) is 2. The van der Waals surface area contributed by atoms with Crippen molar-refractivity contribution in [1.82, 2.24) is 4.98 Å². The largest absolute Gasteiger partial charge is 0.454 e. The highest BCUT2D eigenvalue weighted by Gasteiger charge is 2.18. The first-order chi connectivity index (χ1) is 8.20. The van der Waals surface area contributed by atoms with Crippen LogP contribution in [0.3, 0.4) is 0 Å². The van der Waals surface area contributed by atoms with Crippen LogP contribution in [0.15, 0.2) is 12.1 Å². The summed E-state index contributed by atoms with van der Waals surface area (Å²) in [4.78, 5) is 4.19. The number of rotatable bonds is 0. The Balaban J connectivity index is 2.41. The maximum Gasteiger partial charge on any atom is 0.231 e. The minimum absolute atomic E-state index is 0.212. The molecule has 0 saturated carbocycles. The highest BCUT2D eigenvalue weighted by atomic mass is 35.5. The van der Waals surface area contributed by atoms with Gasteiger partial charge in [-0.3, -0.25) is 0 Å². The summed E-state index contributed by atoms with van der Waals surface area (Å²) >= 11 is 5.95. The fraction of sp³-hybridized carbons (Fsp3) is 0.167. The van der Waals surface area contributed by atoms with Gasteiger partial charge in [0.25, 0.3) is 0 Å². The molecule has 2 heterocycles. The van der Waals surface area contributed by atoms with Crippen molar-refractivity contribution in [2.24, 2.45) is 0 Å². The monoisotopic (exact) mass is 246 g/mol. The van der Waals surface area contributed by atoms with Crippen molar-refractivity contribution in [3.05, 3.63) is 28.4 Å². The maximum atomic E-state index is 9.02. The third-order valence-electron chi connectivity index (χ3n) is 2.81. The number of aromatic nitrogens is 1. The summed E-state index contributed by atoms with van der Waals surface area (Å²) in [5.74, 6) is 1.33. The normalized spacial score (nSPS) is 12.8. The lowest BCUT2D eigenvalue weighted by Crippen LogP contribution is -1.92. The maximum absolute atomic E-state index is 9.02. The Bertz CT molecular complexity index is 671. The third kappa shape index (κ3) is 1.40. The highest BCUT2D eigenvalue weighted by molar-refractivity contribution is 6.31. The second kappa shape index (κ2) is 3.51. The first-order valence-corrected chi connectivity index (χ1v) is 5.38. The van der Waals surface area contributed by atoms with Crippen LogP contribution >= 0.6 is 11.6 Å². The summed E-state index contributed by atoms with van der Waals surface area (Å²) in [5, 5.41) is 10.1. The SMILES string of the molecule is Cc1c(C#N)c(Cl)nc2cc3c(cc12)OCO3. The van der Waals surface area contributed by atoms with Gasteiger partial charge in [-0.05, 0) is 18.6 Å². The molecule has 0 aliphatic carbocycles. The van der Waals surface area contributed by atoms with Crippen molar-refractivity contribution < 1.29 is 9.47 Å². The Morgan fingerprint density at radius 3 is 2.76 bits per heavy atom. The predicted octanol–water partition coefficient (Wildman–Crippen LogP) is 2.80. The van der Waals surface area contributed by atoms with E-state index < -0.39 is 0 Å². The smallest absolute Gasteiger partial charge is 0.231 e. The number of hydrogen-bond donors (Lipinski definition) is 0. The molecule has 4 nitrogen and oxygen atoms in total. The number of hydrogen-bond acceptors (Lipinski definition) is 4. The van der Waals surface area contributed by atoms with Crippen molar-refractivity contribution in [2.45, 2.75) is 6.92 Å². The van der Waals surface area contributed by atoms with Crippen molar-refractivity contribution in [1.29, 1.82) is 5.26 Å². The second-order valence-corrected chi connectivity index (χ2v) is 4.10. The van der Waals surface area contributed by atoms with Gasteiger partial charge in [0, 0.05) is 11.5 Å². The molecule has 0 amide bonds. The molecule has 0 radical (unpaired) electrons. The summed E-state index contributed by atoms with van der Waals surface area (Å²) in [6.07, 6.45) is 0. The van der Waals surface area contributed by atoms with E-state index in [4.69, 9.17) is 26.3 Å². The number of fused-ring (bicyclic) bond motifs is 2. The van der Waals surface area contributed by atoms with Gasteiger partial charge in [-0.2, -0.15) is 5.26 Å². The Labute approximate surface area is 102 Å². The van der Waals surface area contributed by atoms with E-state index in [1.165, 1.54) is 0 Å². The number of benzene rings is 1. The van der Waals surface area contributed by atoms with Gasteiger partial charge in [-0.1, -0.05) is 11.6 Å². The van der Waals surface area contributed by atoms with Crippen LogP contribution in [0.25, 0.3) is 10.9 Å². The summed E-state index contributed by atoms with van der Waals surface area (Å²) in [7, 11) is 0. The molecule has 0 saturated heterocycles. The Hall–Kier alpha value is -1.99. The molecule has 0 N–H and O–H groups in total. The van der Waals surface area contributed by atoms with Crippen molar-refractivity contribution in [3.8, 4) is 17.6 Å². The zero-order chi connectivity index (χ0) is 12.0. The van der Waals surface area contributed by atoms with Gasteiger partial charge in [0.2, 0.25) is 6.79 Å². The highest BCUT2D eigenvalue weighted by Crippen LogP contribution is 2.37. The van der Waals surface area contributed by atoms with Gasteiger partial charge >= 0.3 is 0 Å². The molecule has 84 valence electrons. The van der Waals surface area contributed by atoms with Gasteiger partial charge in [0.15, 0.2) is 11.5 Å². The van der Waals surface area contributed by atoms with Crippen molar-refractivity contribution in [3.63, 3.8) is 0 Å². The standard InChI is InChI=1S/C12H7ClN2O2/c1-6-7-2-10-11(17-5-16-10)3-9(7)15-12(13)8(6)4-14/h2-3H,5H2,1H3. The minimum Gasteiger partial charge on any atom is -0.454 e. The van der Waals surface area contributed by atoms with E-state index >= 15 is 0 Å². The lowest BCUT2D eigenvalue weighted by atomic mass is 10.1. The molecule has 1 aromatic carbocycles. The number of halogens is 1. The molecular formula is C12H7ClN2O2. The summed E-state index contributed by atoms with van der Waals surface area (Å²) < 4.78 is 10.6. The van der Waals surface area contributed by atoms with Gasteiger partial charge in [-0.25, -0.2) is 4.98 Å². The fourth-order valence-corrected chi connectivity index (χ4v) is 2.18. The number of aryl methyl sites for hydroxylation is 1. The van der Waals surface area contributed by atoms with E-state index in [1.54, 1.807) is 6.07 Å². The molecule has 0 bridgehead atoms. The van der Waals surface area contributed by atoms with Gasteiger partial charge in [0.1, 0.15) is 11.2 Å². The zero-order valence-electron chi connectivity index (χ0n) is 8.95. The molecule has 1 aliphatic rings. The van der Waals surface area contributed by atoms with Gasteiger partial charge in [0.05, 0.1) is 11.1 Å². The van der Waals surface area contributed by atoms with Crippen LogP contribution in [0, 0.1) is 18.3 Å². The number of ether oxygens (including phenoxy) is 2. The molecule has 17 heavy (non-hydrogen) atoms. The van der Waals surface area contributed by atoms with Crippen LogP contribution in [0.4, 0.5) is 0 Å². The van der Waals surface area contributed by atoms with E-state index in [1.807, 2.05) is 13.0 Å². The van der Waals surface area contributed by atoms with E-state index in [9.17, 15) is 0 Å². The topological polar surface area (TPSA) is 55.1 Å². The van der Waals surface area contributed by atoms with E-state index in [0.29, 0.717) is 22.6 Å². The quantitative estimate of drug-likeness (QED) is 0.671. The van der Waals surface area contributed by atoms with Crippen LogP contribution in [-0.4, -0.2) is 11.8 Å². The molecule has 1 aromatic heterocycles. The Morgan fingerprint density at radius 1 is 1.35 bits per heavy atom. The van der Waals surface area contributed by atoms with Crippen LogP contribution in [0.5, 0.6) is 11.5 Å². The molecule has 0 unspecified atom stereocenters. The molecule has 0 atom stereocenters. The molecule has 3 rings (SSSR count). The number of nitriles is 1. The lowest BCUT2D eigenvalue weighted by Gasteiger charge is -2.06. The second-order valence-electron chi connectivity index (χ2n) is 3.74. The van der Waals surface area contributed by atoms with E-state index in [2.05, 4.69) is 11.1 Å². The van der Waals surface area contributed by atoms with Gasteiger partial charge < -0.3 is 9.47 Å². The third-order valence-corrected chi connectivity index (χ3v) is 3.08. The Morgan fingerprint density at radius 2 is 2.06 bits per heavy atom. The predicted molar refractivity (Wildman–Crippen MR) is 62.3 cm³/mol. The van der Waals surface area contributed by atoms with Crippen molar-refractivity contribution >= 4 is 22.5 Å².